The molecular formula is C23H18ClF3N4O4S. The molecule has 0 radical (unpaired) electrons. The van der Waals surface area contributed by atoms with Gasteiger partial charge >= 0.3 is 6.18 Å². The molecule has 0 atom stereocenters. The smallest absolute Gasteiger partial charge is 0.417 e. The Bertz CT molecular complexity index is 1590. The summed E-state index contributed by atoms with van der Waals surface area (Å²) in [6.07, 6.45) is -0.562. The summed E-state index contributed by atoms with van der Waals surface area (Å²) in [5, 5.41) is -0.221. The fourth-order valence-electron chi connectivity index (χ4n) is 3.53. The van der Waals surface area contributed by atoms with Crippen molar-refractivity contribution < 1.29 is 31.1 Å². The Morgan fingerprint density at radius 1 is 1.17 bits per heavy atom. The van der Waals surface area contributed by atoms with E-state index in [-0.39, 0.29) is 29.3 Å². The number of benzene rings is 1. The minimum Gasteiger partial charge on any atom is -0.491 e. The number of fused-ring (bicyclic) bond motifs is 1. The number of aromatic nitrogens is 3. The third kappa shape index (κ3) is 4.86. The Labute approximate surface area is 208 Å². The van der Waals surface area contributed by atoms with Gasteiger partial charge in [-0.15, -0.1) is 0 Å². The lowest BCUT2D eigenvalue weighted by Crippen LogP contribution is -2.18. The van der Waals surface area contributed by atoms with Gasteiger partial charge in [-0.2, -0.15) is 13.2 Å². The Balaban J connectivity index is 1.81. The maximum absolute atomic E-state index is 13.7. The molecule has 0 unspecified atom stereocenters. The second-order valence-electron chi connectivity index (χ2n) is 7.65. The van der Waals surface area contributed by atoms with Gasteiger partial charge in [0.1, 0.15) is 17.1 Å². The van der Waals surface area contributed by atoms with Gasteiger partial charge < -0.3 is 9.72 Å². The van der Waals surface area contributed by atoms with Crippen LogP contribution in [0.15, 0.2) is 53.8 Å². The first-order chi connectivity index (χ1) is 16.9. The topological polar surface area (TPSA) is 114 Å². The molecule has 0 spiro atoms. The third-order valence-corrected chi connectivity index (χ3v) is 6.81. The fraction of sp³-hybridized carbons (Fsp3) is 0.174. The highest BCUT2D eigenvalue weighted by atomic mass is 35.5. The lowest BCUT2D eigenvalue weighted by molar-refractivity contribution is -0.137. The second kappa shape index (κ2) is 9.43. The molecule has 3 heterocycles. The average Bonchev–Trinajstić information content (AvgIpc) is 3.27. The zero-order chi connectivity index (χ0) is 26.3. The Morgan fingerprint density at radius 2 is 1.92 bits per heavy atom. The van der Waals surface area contributed by atoms with Crippen LogP contribution in [0.1, 0.15) is 34.1 Å². The number of alkyl halides is 3. The van der Waals surface area contributed by atoms with E-state index in [0.717, 1.165) is 12.1 Å². The first-order valence-corrected chi connectivity index (χ1v) is 12.3. The van der Waals surface area contributed by atoms with Crippen LogP contribution in [0.25, 0.3) is 11.0 Å². The number of sulfonamides is 1. The number of carbonyl (C=O) groups excluding carboxylic acids is 1. The van der Waals surface area contributed by atoms with Gasteiger partial charge in [-0.1, -0.05) is 11.6 Å². The van der Waals surface area contributed by atoms with Crippen LogP contribution in [0.5, 0.6) is 5.75 Å². The van der Waals surface area contributed by atoms with Gasteiger partial charge in [0, 0.05) is 17.8 Å². The molecule has 0 amide bonds. The van der Waals surface area contributed by atoms with Gasteiger partial charge in [0.25, 0.3) is 10.0 Å². The standard InChI is InChI=1S/C23H18ClF3N4O4S/c1-3-35-18-11-30-22-14(6-7-28-22)19(18)21(32)20-17(8-12(2)10-29-20)31-36(33,34)13-4-5-16(24)15(9-13)23(25,26)27/h4-11,31H,3H2,1-2H3,(H,28,30). The molecule has 0 bridgehead atoms. The molecule has 0 saturated carbocycles. The highest BCUT2D eigenvalue weighted by Crippen LogP contribution is 2.36. The summed E-state index contributed by atoms with van der Waals surface area (Å²) in [7, 11) is -4.57. The van der Waals surface area contributed by atoms with Crippen LogP contribution >= 0.6 is 11.6 Å². The molecule has 13 heteroatoms. The molecule has 36 heavy (non-hydrogen) atoms. The van der Waals surface area contributed by atoms with Crippen molar-refractivity contribution in [3.8, 4) is 5.75 Å². The van der Waals surface area contributed by atoms with E-state index >= 15 is 0 Å². The first-order valence-electron chi connectivity index (χ1n) is 10.4. The van der Waals surface area contributed by atoms with Crippen molar-refractivity contribution in [2.75, 3.05) is 11.3 Å². The van der Waals surface area contributed by atoms with Gasteiger partial charge in [0.2, 0.25) is 5.78 Å². The summed E-state index contributed by atoms with van der Waals surface area (Å²) in [4.78, 5) is 24.2. The van der Waals surface area contributed by atoms with E-state index in [1.54, 1.807) is 26.1 Å². The summed E-state index contributed by atoms with van der Waals surface area (Å²) in [5.41, 5.74) is -0.792. The number of anilines is 1. The van der Waals surface area contributed by atoms with Crippen molar-refractivity contribution >= 4 is 44.1 Å². The molecule has 4 aromatic rings. The van der Waals surface area contributed by atoms with Gasteiger partial charge in [-0.25, -0.2) is 13.4 Å². The van der Waals surface area contributed by atoms with Crippen molar-refractivity contribution in [3.63, 3.8) is 0 Å². The zero-order valence-corrected chi connectivity index (χ0v) is 20.3. The largest absolute Gasteiger partial charge is 0.491 e. The monoisotopic (exact) mass is 538 g/mol. The molecule has 1 aromatic carbocycles. The lowest BCUT2D eigenvalue weighted by Gasteiger charge is -2.15. The van der Waals surface area contributed by atoms with Crippen LogP contribution in [0, 0.1) is 6.92 Å². The number of hydrogen-bond donors (Lipinski definition) is 2. The summed E-state index contributed by atoms with van der Waals surface area (Å²) in [5.74, 6) is -0.506. The number of halogens is 4. The molecule has 3 aromatic heterocycles. The van der Waals surface area contributed by atoms with Crippen molar-refractivity contribution in [3.05, 3.63) is 76.3 Å². The van der Waals surface area contributed by atoms with Crippen LogP contribution in [0.2, 0.25) is 5.02 Å². The number of aryl methyl sites for hydroxylation is 1. The van der Waals surface area contributed by atoms with E-state index < -0.39 is 37.5 Å². The molecule has 0 aliphatic rings. The molecule has 0 fully saturated rings. The third-order valence-electron chi connectivity index (χ3n) is 5.12. The molecule has 8 nitrogen and oxygen atoms in total. The summed E-state index contributed by atoms with van der Waals surface area (Å²) in [6, 6.07) is 5.17. The SMILES string of the molecule is CCOc1cnc2[nH]ccc2c1C(=O)c1ncc(C)cc1NS(=O)(=O)c1ccc(Cl)c(C(F)(F)F)c1. The van der Waals surface area contributed by atoms with E-state index in [1.165, 1.54) is 18.5 Å². The molecular weight excluding hydrogens is 521 g/mol. The molecule has 188 valence electrons. The number of aromatic amines is 1. The first kappa shape index (κ1) is 25.5. The van der Waals surface area contributed by atoms with E-state index in [9.17, 15) is 26.4 Å². The van der Waals surface area contributed by atoms with E-state index in [1.807, 2.05) is 0 Å². The zero-order valence-electron chi connectivity index (χ0n) is 18.8. The van der Waals surface area contributed by atoms with Crippen molar-refractivity contribution in [1.29, 1.82) is 0 Å². The number of pyridine rings is 2. The maximum atomic E-state index is 13.7. The molecule has 0 saturated heterocycles. The number of ether oxygens (including phenoxy) is 1. The van der Waals surface area contributed by atoms with Gasteiger partial charge in [-0.3, -0.25) is 14.5 Å². The number of ketones is 1. The molecule has 4 rings (SSSR count). The Hall–Kier alpha value is -3.64. The molecule has 2 N–H and O–H groups in total. The Kier molecular flexibility index (Phi) is 6.67. The maximum Gasteiger partial charge on any atom is 0.417 e. The van der Waals surface area contributed by atoms with E-state index in [4.69, 9.17) is 16.3 Å². The van der Waals surface area contributed by atoms with Crippen LogP contribution in [-0.2, 0) is 16.2 Å². The summed E-state index contributed by atoms with van der Waals surface area (Å²) >= 11 is 5.62. The van der Waals surface area contributed by atoms with Crippen LogP contribution in [0.4, 0.5) is 18.9 Å². The molecule has 0 aliphatic carbocycles. The second-order valence-corrected chi connectivity index (χ2v) is 9.74. The van der Waals surface area contributed by atoms with Gasteiger partial charge in [0.15, 0.2) is 0 Å². The quantitative estimate of drug-likeness (QED) is 0.306. The average molecular weight is 539 g/mol. The number of hydrogen-bond acceptors (Lipinski definition) is 6. The number of nitrogens with zero attached hydrogens (tertiary/aromatic N) is 2. The number of carbonyl (C=O) groups is 1. The molecule has 0 aliphatic heterocycles. The number of H-pyrrole nitrogens is 1. The summed E-state index contributed by atoms with van der Waals surface area (Å²) in [6.45, 7) is 3.57. The fourth-order valence-corrected chi connectivity index (χ4v) is 4.84. The van der Waals surface area contributed by atoms with Crippen LogP contribution < -0.4 is 9.46 Å². The van der Waals surface area contributed by atoms with Crippen LogP contribution in [0.3, 0.4) is 0 Å². The Morgan fingerprint density at radius 3 is 2.61 bits per heavy atom. The predicted molar refractivity (Wildman–Crippen MR) is 127 cm³/mol. The lowest BCUT2D eigenvalue weighted by atomic mass is 10.0. The summed E-state index contributed by atoms with van der Waals surface area (Å²) < 4.78 is 73.7. The number of rotatable bonds is 7. The highest BCUT2D eigenvalue weighted by molar-refractivity contribution is 7.92. The number of nitrogens with one attached hydrogen (secondary N) is 2. The minimum atomic E-state index is -4.87. The highest BCUT2D eigenvalue weighted by Gasteiger charge is 2.35. The predicted octanol–water partition coefficient (Wildman–Crippen LogP) is 5.37. The van der Waals surface area contributed by atoms with Gasteiger partial charge in [0.05, 0.1) is 39.5 Å². The van der Waals surface area contributed by atoms with Crippen molar-refractivity contribution in [2.24, 2.45) is 0 Å². The normalized spacial score (nSPS) is 12.1. The van der Waals surface area contributed by atoms with Crippen LogP contribution in [-0.4, -0.2) is 35.8 Å². The van der Waals surface area contributed by atoms with E-state index in [2.05, 4.69) is 19.7 Å². The van der Waals surface area contributed by atoms with Crippen molar-refractivity contribution in [2.45, 2.75) is 24.9 Å². The van der Waals surface area contributed by atoms with E-state index in [0.29, 0.717) is 22.7 Å². The van der Waals surface area contributed by atoms with Gasteiger partial charge in [-0.05, 0) is 49.7 Å². The minimum absolute atomic E-state index is 0.103. The van der Waals surface area contributed by atoms with Crippen molar-refractivity contribution in [1.82, 2.24) is 15.0 Å².